The molecular weight excluding hydrogens is 222 g/mol. The molecule has 0 fully saturated rings. The second-order valence-corrected chi connectivity index (χ2v) is 4.07. The third-order valence-corrected chi connectivity index (χ3v) is 2.91. The third-order valence-electron chi connectivity index (χ3n) is 2.91. The van der Waals surface area contributed by atoms with Gasteiger partial charge in [-0.1, -0.05) is 24.3 Å². The number of hydrogen-bond donors (Lipinski definition) is 2. The van der Waals surface area contributed by atoms with E-state index in [1.165, 1.54) is 11.1 Å². The van der Waals surface area contributed by atoms with Crippen molar-refractivity contribution in [2.24, 2.45) is 5.73 Å². The number of fused-ring (bicyclic) bond motifs is 1. The Morgan fingerprint density at radius 1 is 1.31 bits per heavy atom. The maximum absolute atomic E-state index is 7.21. The second kappa shape index (κ2) is 5.87. The molecule has 0 amide bonds. The Bertz CT molecular complexity index is 365. The Labute approximate surface area is 103 Å². The molecule has 0 atom stereocenters. The van der Waals surface area contributed by atoms with Crippen molar-refractivity contribution < 1.29 is 0 Å². The van der Waals surface area contributed by atoms with Crippen molar-refractivity contribution in [2.45, 2.75) is 19.4 Å². The average molecular weight is 240 g/mol. The summed E-state index contributed by atoms with van der Waals surface area (Å²) in [5, 5.41) is 7.21. The van der Waals surface area contributed by atoms with Gasteiger partial charge in [0.25, 0.3) is 0 Å². The van der Waals surface area contributed by atoms with E-state index in [1.54, 1.807) is 0 Å². The number of benzene rings is 1. The van der Waals surface area contributed by atoms with Gasteiger partial charge in [0.05, 0.1) is 5.84 Å². The van der Waals surface area contributed by atoms with Gasteiger partial charge < -0.3 is 5.73 Å². The molecule has 0 saturated heterocycles. The summed E-state index contributed by atoms with van der Waals surface area (Å²) >= 11 is 0. The van der Waals surface area contributed by atoms with E-state index in [0.717, 1.165) is 26.1 Å². The Hall–Kier alpha value is -1.06. The fourth-order valence-electron chi connectivity index (χ4n) is 2.02. The van der Waals surface area contributed by atoms with Crippen molar-refractivity contribution in [3.05, 3.63) is 35.4 Å². The lowest BCUT2D eigenvalue weighted by Crippen LogP contribution is -2.33. The van der Waals surface area contributed by atoms with E-state index in [0.29, 0.717) is 6.42 Å². The lowest BCUT2D eigenvalue weighted by atomic mass is 10.00. The maximum Gasteiger partial charge on any atom is 0.0918 e. The molecule has 3 N–H and O–H groups in total. The summed E-state index contributed by atoms with van der Waals surface area (Å²) in [6.07, 6.45) is 1.80. The molecule has 1 aromatic carbocycles. The average Bonchev–Trinajstić information content (AvgIpc) is 2.26. The van der Waals surface area contributed by atoms with Gasteiger partial charge in [-0.2, -0.15) is 0 Å². The fourth-order valence-corrected chi connectivity index (χ4v) is 2.02. The molecule has 4 heteroatoms. The van der Waals surface area contributed by atoms with Gasteiger partial charge in [0.1, 0.15) is 0 Å². The standard InChI is InChI=1S/C12H17N3.ClH/c13-12(14)6-8-15-7-5-10-3-1-2-4-11(10)9-15;/h1-4H,5-9H2,(H3,13,14);1H. The van der Waals surface area contributed by atoms with Crippen LogP contribution in [0.25, 0.3) is 0 Å². The molecule has 0 unspecified atom stereocenters. The zero-order valence-electron chi connectivity index (χ0n) is 9.28. The number of hydrogen-bond acceptors (Lipinski definition) is 2. The first-order valence-electron chi connectivity index (χ1n) is 5.38. The molecule has 2 rings (SSSR count). The highest BCUT2D eigenvalue weighted by Gasteiger charge is 2.14. The van der Waals surface area contributed by atoms with E-state index in [2.05, 4.69) is 29.2 Å². The Kier molecular flexibility index (Phi) is 4.77. The first-order chi connectivity index (χ1) is 7.25. The Balaban J connectivity index is 0.00000128. The smallest absolute Gasteiger partial charge is 0.0918 e. The quantitative estimate of drug-likeness (QED) is 0.624. The van der Waals surface area contributed by atoms with E-state index in [1.807, 2.05) is 0 Å². The Morgan fingerprint density at radius 2 is 2.00 bits per heavy atom. The molecule has 0 radical (unpaired) electrons. The van der Waals surface area contributed by atoms with E-state index in [-0.39, 0.29) is 18.2 Å². The molecule has 88 valence electrons. The van der Waals surface area contributed by atoms with Crippen LogP contribution in [0.2, 0.25) is 0 Å². The maximum atomic E-state index is 7.21. The highest BCUT2D eigenvalue weighted by molar-refractivity contribution is 5.85. The molecule has 0 spiro atoms. The molecular formula is C12H18ClN3. The van der Waals surface area contributed by atoms with E-state index in [9.17, 15) is 0 Å². The van der Waals surface area contributed by atoms with Gasteiger partial charge >= 0.3 is 0 Å². The minimum atomic E-state index is 0. The zero-order chi connectivity index (χ0) is 10.7. The summed E-state index contributed by atoms with van der Waals surface area (Å²) in [5.74, 6) is 0.286. The molecule has 0 aliphatic carbocycles. The predicted molar refractivity (Wildman–Crippen MR) is 69.2 cm³/mol. The third kappa shape index (κ3) is 3.22. The van der Waals surface area contributed by atoms with Crippen LogP contribution in [0.15, 0.2) is 24.3 Å². The number of halogens is 1. The summed E-state index contributed by atoms with van der Waals surface area (Å²) in [5.41, 5.74) is 8.25. The van der Waals surface area contributed by atoms with Crippen LogP contribution >= 0.6 is 12.4 Å². The SMILES string of the molecule is Cl.N=C(N)CCN1CCc2ccccc2C1. The van der Waals surface area contributed by atoms with Crippen LogP contribution in [0.4, 0.5) is 0 Å². The van der Waals surface area contributed by atoms with E-state index in [4.69, 9.17) is 11.1 Å². The van der Waals surface area contributed by atoms with Crippen molar-refractivity contribution in [2.75, 3.05) is 13.1 Å². The minimum Gasteiger partial charge on any atom is -0.388 e. The van der Waals surface area contributed by atoms with Crippen LogP contribution in [0.3, 0.4) is 0 Å². The molecule has 1 aliphatic heterocycles. The summed E-state index contributed by atoms with van der Waals surface area (Å²) in [6, 6.07) is 8.59. The zero-order valence-corrected chi connectivity index (χ0v) is 10.1. The van der Waals surface area contributed by atoms with Gasteiger partial charge in [-0.25, -0.2) is 0 Å². The second-order valence-electron chi connectivity index (χ2n) is 4.07. The monoisotopic (exact) mass is 239 g/mol. The number of nitrogens with one attached hydrogen (secondary N) is 1. The molecule has 16 heavy (non-hydrogen) atoms. The molecule has 1 heterocycles. The van der Waals surface area contributed by atoms with Crippen molar-refractivity contribution in [1.82, 2.24) is 4.90 Å². The van der Waals surface area contributed by atoms with Gasteiger partial charge in [-0.05, 0) is 17.5 Å². The highest BCUT2D eigenvalue weighted by atomic mass is 35.5. The summed E-state index contributed by atoms with van der Waals surface area (Å²) in [6.45, 7) is 3.00. The topological polar surface area (TPSA) is 53.1 Å². The van der Waals surface area contributed by atoms with Gasteiger partial charge in [-0.15, -0.1) is 12.4 Å². The van der Waals surface area contributed by atoms with Crippen LogP contribution in [-0.4, -0.2) is 23.8 Å². The van der Waals surface area contributed by atoms with Crippen LogP contribution in [0.5, 0.6) is 0 Å². The fraction of sp³-hybridized carbons (Fsp3) is 0.417. The molecule has 0 saturated carbocycles. The first-order valence-corrected chi connectivity index (χ1v) is 5.38. The lowest BCUT2D eigenvalue weighted by Gasteiger charge is -2.28. The van der Waals surface area contributed by atoms with Crippen LogP contribution < -0.4 is 5.73 Å². The predicted octanol–water partition coefficient (Wildman–Crippen LogP) is 1.79. The normalized spacial score (nSPS) is 15.0. The van der Waals surface area contributed by atoms with Gasteiger partial charge in [0.2, 0.25) is 0 Å². The summed E-state index contributed by atoms with van der Waals surface area (Å²) in [7, 11) is 0. The molecule has 1 aliphatic rings. The highest BCUT2D eigenvalue weighted by Crippen LogP contribution is 2.18. The van der Waals surface area contributed by atoms with Crippen LogP contribution in [-0.2, 0) is 13.0 Å². The van der Waals surface area contributed by atoms with Gasteiger partial charge in [-0.3, -0.25) is 10.3 Å². The van der Waals surface area contributed by atoms with Crippen molar-refractivity contribution >= 4 is 18.2 Å². The van der Waals surface area contributed by atoms with Gasteiger partial charge in [0, 0.05) is 26.1 Å². The molecule has 0 aromatic heterocycles. The van der Waals surface area contributed by atoms with Crippen LogP contribution in [0.1, 0.15) is 17.5 Å². The van der Waals surface area contributed by atoms with Crippen LogP contribution in [0, 0.1) is 5.41 Å². The lowest BCUT2D eigenvalue weighted by molar-refractivity contribution is 0.261. The molecule has 0 bridgehead atoms. The van der Waals surface area contributed by atoms with Crippen molar-refractivity contribution in [1.29, 1.82) is 5.41 Å². The molecule has 3 nitrogen and oxygen atoms in total. The Morgan fingerprint density at radius 3 is 2.69 bits per heavy atom. The van der Waals surface area contributed by atoms with Gasteiger partial charge in [0.15, 0.2) is 0 Å². The number of amidine groups is 1. The number of nitrogens with zero attached hydrogens (tertiary/aromatic N) is 1. The minimum absolute atomic E-state index is 0. The summed E-state index contributed by atoms with van der Waals surface area (Å²) in [4.78, 5) is 2.36. The summed E-state index contributed by atoms with van der Waals surface area (Å²) < 4.78 is 0. The number of rotatable bonds is 3. The first kappa shape index (κ1) is 13.0. The van der Waals surface area contributed by atoms with Crippen molar-refractivity contribution in [3.8, 4) is 0 Å². The van der Waals surface area contributed by atoms with Crippen molar-refractivity contribution in [3.63, 3.8) is 0 Å². The largest absolute Gasteiger partial charge is 0.388 e. The number of nitrogens with two attached hydrogens (primary N) is 1. The molecule has 1 aromatic rings. The van der Waals surface area contributed by atoms with E-state index < -0.39 is 0 Å². The van der Waals surface area contributed by atoms with E-state index >= 15 is 0 Å².